The monoisotopic (exact) mass is 405 g/mol. The Hall–Kier alpha value is -2.08. The number of Topliss-reactive ketones (excluding diaryl/α,β-unsaturated/α-hetero) is 1. The van der Waals surface area contributed by atoms with E-state index in [4.69, 9.17) is 9.47 Å². The number of methoxy groups -OCH3 is 2. The predicted octanol–water partition coefficient (Wildman–Crippen LogP) is 3.60. The number of rotatable bonds is 3. The summed E-state index contributed by atoms with van der Waals surface area (Å²) in [5.74, 6) is -0.241. The Morgan fingerprint density at radius 1 is 1.28 bits per heavy atom. The van der Waals surface area contributed by atoms with Crippen LogP contribution in [0.3, 0.4) is 0 Å². The summed E-state index contributed by atoms with van der Waals surface area (Å²) in [5.41, 5.74) is 3.49. The molecule has 1 aliphatic heterocycles. The summed E-state index contributed by atoms with van der Waals surface area (Å²) in [7, 11) is 2.94. The van der Waals surface area contributed by atoms with E-state index in [1.54, 1.807) is 7.11 Å². The van der Waals surface area contributed by atoms with Gasteiger partial charge in [0.1, 0.15) is 5.75 Å². The molecule has 1 aromatic carbocycles. The van der Waals surface area contributed by atoms with Crippen LogP contribution in [-0.2, 0) is 14.3 Å². The summed E-state index contributed by atoms with van der Waals surface area (Å²) < 4.78 is 11.4. The molecule has 2 aliphatic rings. The van der Waals surface area contributed by atoms with Crippen molar-refractivity contribution >= 4 is 27.7 Å². The maximum absolute atomic E-state index is 12.7. The van der Waals surface area contributed by atoms with Crippen molar-refractivity contribution in [1.82, 2.24) is 5.32 Å². The first-order valence-electron chi connectivity index (χ1n) is 8.13. The molecule has 132 valence electrons. The topological polar surface area (TPSA) is 64.6 Å². The highest BCUT2D eigenvalue weighted by molar-refractivity contribution is 9.10. The van der Waals surface area contributed by atoms with Gasteiger partial charge in [0.2, 0.25) is 0 Å². The second-order valence-corrected chi connectivity index (χ2v) is 7.06. The number of hydrogen-bond donors (Lipinski definition) is 1. The van der Waals surface area contributed by atoms with Crippen molar-refractivity contribution in [3.63, 3.8) is 0 Å². The van der Waals surface area contributed by atoms with Crippen molar-refractivity contribution in [3.05, 3.63) is 50.8 Å². The van der Waals surface area contributed by atoms with Crippen LogP contribution in [0.4, 0.5) is 0 Å². The van der Waals surface area contributed by atoms with Crippen LogP contribution >= 0.6 is 15.9 Å². The van der Waals surface area contributed by atoms with E-state index in [9.17, 15) is 9.59 Å². The summed E-state index contributed by atoms with van der Waals surface area (Å²) in [6.07, 6.45) is 2.09. The van der Waals surface area contributed by atoms with E-state index in [2.05, 4.69) is 21.2 Å². The van der Waals surface area contributed by atoms with Crippen LogP contribution in [-0.4, -0.2) is 26.0 Å². The molecule has 1 aromatic rings. The summed E-state index contributed by atoms with van der Waals surface area (Å²) >= 11 is 3.48. The Balaban J connectivity index is 2.27. The van der Waals surface area contributed by atoms with Crippen LogP contribution < -0.4 is 10.1 Å². The highest BCUT2D eigenvalue weighted by Gasteiger charge is 2.40. The second-order valence-electron chi connectivity index (χ2n) is 6.14. The van der Waals surface area contributed by atoms with Gasteiger partial charge in [-0.25, -0.2) is 4.79 Å². The van der Waals surface area contributed by atoms with Gasteiger partial charge in [-0.1, -0.05) is 15.9 Å². The fourth-order valence-corrected chi connectivity index (χ4v) is 3.98. The number of nitrogens with one attached hydrogen (secondary N) is 1. The second kappa shape index (κ2) is 7.04. The van der Waals surface area contributed by atoms with Crippen LogP contribution in [0.1, 0.15) is 37.7 Å². The van der Waals surface area contributed by atoms with Crippen molar-refractivity contribution in [2.45, 2.75) is 32.1 Å². The molecule has 1 atom stereocenters. The maximum Gasteiger partial charge on any atom is 0.336 e. The smallest absolute Gasteiger partial charge is 0.336 e. The molecular formula is C19H20BrNO4. The van der Waals surface area contributed by atoms with Crippen molar-refractivity contribution in [3.8, 4) is 5.75 Å². The van der Waals surface area contributed by atoms with E-state index in [0.717, 1.165) is 28.6 Å². The normalized spacial score (nSPS) is 20.2. The van der Waals surface area contributed by atoms with Crippen LogP contribution in [0.15, 0.2) is 45.2 Å². The number of carbonyl (C=O) groups is 2. The quantitative estimate of drug-likeness (QED) is 0.778. The molecule has 1 heterocycles. The third kappa shape index (κ3) is 3.11. The summed E-state index contributed by atoms with van der Waals surface area (Å²) in [5, 5.41) is 3.25. The standard InChI is InChI=1S/C19H20BrNO4/c1-10-16(19(23)25-3)17(12-9-11(20)7-8-15(12)24-2)18-13(21-10)5-4-6-14(18)22/h7-9,17,21H,4-6H2,1-3H3. The predicted molar refractivity (Wildman–Crippen MR) is 97.2 cm³/mol. The first kappa shape index (κ1) is 17.7. The zero-order valence-corrected chi connectivity index (χ0v) is 16.0. The molecule has 6 heteroatoms. The van der Waals surface area contributed by atoms with Gasteiger partial charge in [-0.05, 0) is 38.0 Å². The van der Waals surface area contributed by atoms with Crippen LogP contribution in [0.2, 0.25) is 0 Å². The SMILES string of the molecule is COC(=O)C1=C(C)NC2=C(C(=O)CCC2)C1c1cc(Br)ccc1OC. The maximum atomic E-state index is 12.7. The van der Waals surface area contributed by atoms with Gasteiger partial charge in [-0.2, -0.15) is 0 Å². The van der Waals surface area contributed by atoms with Crippen LogP contribution in [0, 0.1) is 0 Å². The molecule has 0 spiro atoms. The molecule has 1 unspecified atom stereocenters. The van der Waals surface area contributed by atoms with Gasteiger partial charge in [0.25, 0.3) is 0 Å². The Bertz CT molecular complexity index is 810. The van der Waals surface area contributed by atoms with Crippen molar-refractivity contribution in [2.75, 3.05) is 14.2 Å². The average molecular weight is 406 g/mol. The largest absolute Gasteiger partial charge is 0.496 e. The minimum Gasteiger partial charge on any atom is -0.496 e. The lowest BCUT2D eigenvalue weighted by Gasteiger charge is -2.34. The van der Waals surface area contributed by atoms with E-state index in [1.165, 1.54) is 7.11 Å². The number of ether oxygens (including phenoxy) is 2. The van der Waals surface area contributed by atoms with E-state index in [1.807, 2.05) is 25.1 Å². The van der Waals surface area contributed by atoms with E-state index in [0.29, 0.717) is 29.0 Å². The lowest BCUT2D eigenvalue weighted by atomic mass is 9.75. The van der Waals surface area contributed by atoms with Gasteiger partial charge < -0.3 is 14.8 Å². The molecule has 3 rings (SSSR count). The Morgan fingerprint density at radius 3 is 2.72 bits per heavy atom. The van der Waals surface area contributed by atoms with Crippen molar-refractivity contribution < 1.29 is 19.1 Å². The fourth-order valence-electron chi connectivity index (χ4n) is 3.61. The summed E-state index contributed by atoms with van der Waals surface area (Å²) in [4.78, 5) is 25.3. The number of allylic oxidation sites excluding steroid dienone is 3. The first-order chi connectivity index (χ1) is 12.0. The number of carbonyl (C=O) groups excluding carboxylic acids is 2. The Morgan fingerprint density at radius 2 is 2.04 bits per heavy atom. The molecule has 0 bridgehead atoms. The highest BCUT2D eigenvalue weighted by Crippen LogP contribution is 2.45. The van der Waals surface area contributed by atoms with E-state index >= 15 is 0 Å². The molecule has 1 N–H and O–H groups in total. The number of ketones is 1. The Labute approximate surface area is 155 Å². The van der Waals surface area contributed by atoms with Crippen LogP contribution in [0.5, 0.6) is 5.75 Å². The molecule has 1 aliphatic carbocycles. The highest BCUT2D eigenvalue weighted by atomic mass is 79.9. The third-order valence-corrected chi connectivity index (χ3v) is 5.18. The number of halogens is 1. The third-order valence-electron chi connectivity index (χ3n) is 4.68. The molecule has 0 aromatic heterocycles. The van der Waals surface area contributed by atoms with Gasteiger partial charge in [-0.3, -0.25) is 4.79 Å². The van der Waals surface area contributed by atoms with Gasteiger partial charge in [0, 0.05) is 33.4 Å². The zero-order valence-electron chi connectivity index (χ0n) is 14.4. The molecule has 0 fully saturated rings. The summed E-state index contributed by atoms with van der Waals surface area (Å²) in [6.45, 7) is 1.84. The average Bonchev–Trinajstić information content (AvgIpc) is 2.60. The van der Waals surface area contributed by atoms with Gasteiger partial charge in [-0.15, -0.1) is 0 Å². The minimum absolute atomic E-state index is 0.0645. The number of esters is 1. The van der Waals surface area contributed by atoms with E-state index < -0.39 is 11.9 Å². The number of hydrogen-bond acceptors (Lipinski definition) is 5. The van der Waals surface area contributed by atoms with Gasteiger partial charge in [0.05, 0.1) is 25.7 Å². The Kier molecular flexibility index (Phi) is 4.99. The molecule has 0 amide bonds. The molecule has 0 saturated carbocycles. The van der Waals surface area contributed by atoms with Crippen LogP contribution in [0.25, 0.3) is 0 Å². The molecule has 5 nitrogen and oxygen atoms in total. The van der Waals surface area contributed by atoms with Crippen molar-refractivity contribution in [1.29, 1.82) is 0 Å². The lowest BCUT2D eigenvalue weighted by Crippen LogP contribution is -2.34. The fraction of sp³-hybridized carbons (Fsp3) is 0.368. The summed E-state index contributed by atoms with van der Waals surface area (Å²) in [6, 6.07) is 5.60. The minimum atomic E-state index is -0.496. The first-order valence-corrected chi connectivity index (χ1v) is 8.93. The molecule has 0 saturated heterocycles. The number of dihydropyridines is 1. The number of benzene rings is 1. The molecule has 0 radical (unpaired) electrons. The lowest BCUT2D eigenvalue weighted by molar-refractivity contribution is -0.136. The molecular weight excluding hydrogens is 386 g/mol. The van der Waals surface area contributed by atoms with Gasteiger partial charge >= 0.3 is 5.97 Å². The van der Waals surface area contributed by atoms with Crippen molar-refractivity contribution in [2.24, 2.45) is 0 Å². The van der Waals surface area contributed by atoms with E-state index in [-0.39, 0.29) is 5.78 Å². The zero-order chi connectivity index (χ0) is 18.1. The van der Waals surface area contributed by atoms with Gasteiger partial charge in [0.15, 0.2) is 5.78 Å². The molecule has 25 heavy (non-hydrogen) atoms.